The molecule has 0 saturated carbocycles. The molecule has 314 valence electrons. The maximum absolute atomic E-state index is 10.9. The van der Waals surface area contributed by atoms with E-state index in [1.165, 1.54) is 0 Å². The van der Waals surface area contributed by atoms with Crippen LogP contribution in [0.3, 0.4) is 0 Å². The largest absolute Gasteiger partial charge is 0.545 e. The number of nitrogens with zero attached hydrogens (tertiary/aromatic N) is 4. The van der Waals surface area contributed by atoms with E-state index in [0.717, 1.165) is 51.6 Å². The van der Waals surface area contributed by atoms with Crippen molar-refractivity contribution in [3.8, 4) is 0 Å². The Morgan fingerprint density at radius 1 is 0.667 bits per heavy atom. The molecule has 0 aromatic heterocycles. The number of rotatable bonds is 13. The number of hydrogen-bond acceptors (Lipinski definition) is 14. The molecule has 0 bridgehead atoms. The van der Waals surface area contributed by atoms with E-state index < -0.39 is 50.3 Å². The number of carboxylic acid groups (broad SMARTS) is 2. The fraction of sp³-hybridized carbons (Fsp3) is 0.286. The number of carbonyl (C=O) groups excluding carboxylic acids is 2. The highest BCUT2D eigenvalue weighted by molar-refractivity contribution is 7.86. The molecule has 2 aliphatic rings. The van der Waals surface area contributed by atoms with E-state index in [9.17, 15) is 39.0 Å². The monoisotopic (exact) mass is 874 g/mol. The molecule has 18 heteroatoms. The fourth-order valence-electron chi connectivity index (χ4n) is 5.82. The third kappa shape index (κ3) is 12.0. The van der Waals surface area contributed by atoms with Gasteiger partial charge in [0.1, 0.15) is 17.1 Å². The average molecular weight is 875 g/mol. The second kappa shape index (κ2) is 22.4. The summed E-state index contributed by atoms with van der Waals surface area (Å²) >= 11 is 11.2. The van der Waals surface area contributed by atoms with E-state index in [-0.39, 0.29) is 0 Å². The molecule has 60 heavy (non-hydrogen) atoms. The van der Waals surface area contributed by atoms with Gasteiger partial charge < -0.3 is 38.7 Å². The Bertz CT molecular complexity index is 2290. The van der Waals surface area contributed by atoms with Crippen LogP contribution in [-0.2, 0) is 29.1 Å². The lowest BCUT2D eigenvalue weighted by molar-refractivity contribution is -0.255. The van der Waals surface area contributed by atoms with Crippen molar-refractivity contribution in [3.63, 3.8) is 0 Å². The summed E-state index contributed by atoms with van der Waals surface area (Å²) in [5.41, 5.74) is 4.51. The van der Waals surface area contributed by atoms with Crippen LogP contribution in [0, 0.1) is 24.6 Å². The molecule has 2 atom stereocenters. The van der Waals surface area contributed by atoms with Crippen LogP contribution in [0.15, 0.2) is 107 Å². The zero-order valence-electron chi connectivity index (χ0n) is 33.5. The molecule has 0 saturated heterocycles. The zero-order valence-corrected chi connectivity index (χ0v) is 36.0. The average Bonchev–Trinajstić information content (AvgIpc) is 3.21. The Balaban J connectivity index is 0.000000244. The van der Waals surface area contributed by atoms with Crippen LogP contribution in [-0.4, -0.2) is 73.3 Å². The second-order valence-corrected chi connectivity index (χ2v) is 14.8. The highest BCUT2D eigenvalue weighted by Gasteiger charge is 2.38. The van der Waals surface area contributed by atoms with E-state index in [4.69, 9.17) is 47.9 Å². The van der Waals surface area contributed by atoms with Gasteiger partial charge in [0.15, 0.2) is 9.95 Å². The summed E-state index contributed by atoms with van der Waals surface area (Å²) in [4.78, 5) is 27.8. The van der Waals surface area contributed by atoms with Gasteiger partial charge >= 0.3 is 11.4 Å². The predicted octanol–water partition coefficient (Wildman–Crippen LogP) is 6.20. The van der Waals surface area contributed by atoms with Gasteiger partial charge in [0.25, 0.3) is 10.1 Å². The molecule has 0 spiro atoms. The molecular formula is C42H42N4O11S3. The van der Waals surface area contributed by atoms with E-state index >= 15 is 0 Å². The molecule has 2 aliphatic carbocycles. The van der Waals surface area contributed by atoms with Crippen molar-refractivity contribution >= 4 is 67.4 Å². The molecule has 0 heterocycles. The first-order valence-corrected chi connectivity index (χ1v) is 20.6. The topological polar surface area (TPSA) is 228 Å². The lowest BCUT2D eigenvalue weighted by Gasteiger charge is -2.22. The minimum Gasteiger partial charge on any atom is -0.545 e. The first-order chi connectivity index (χ1) is 28.5. The first-order valence-electron chi connectivity index (χ1n) is 18.4. The maximum atomic E-state index is 10.9. The van der Waals surface area contributed by atoms with Crippen molar-refractivity contribution < 1.29 is 51.7 Å². The van der Waals surface area contributed by atoms with Crippen molar-refractivity contribution in [3.05, 3.63) is 145 Å². The highest BCUT2D eigenvalue weighted by Crippen LogP contribution is 2.35. The second-order valence-electron chi connectivity index (χ2n) is 12.5. The number of thiocarbonyl (C=S) groups is 2. The molecule has 0 fully saturated rings. The zero-order chi connectivity index (χ0) is 44.7. The third-order valence-corrected chi connectivity index (χ3v) is 10.3. The van der Waals surface area contributed by atoms with Crippen molar-refractivity contribution in [2.75, 3.05) is 26.4 Å². The number of hydrogen-bond donors (Lipinski definition) is 1. The van der Waals surface area contributed by atoms with Crippen LogP contribution in [0.5, 0.6) is 0 Å². The normalized spacial score (nSPS) is 16.1. The minimum atomic E-state index is -5.00. The summed E-state index contributed by atoms with van der Waals surface area (Å²) < 4.78 is 53.1. The summed E-state index contributed by atoms with van der Waals surface area (Å²) in [6, 6.07) is 18.6. The first kappa shape index (κ1) is 48.4. The van der Waals surface area contributed by atoms with Crippen LogP contribution < -0.4 is 10.2 Å². The fourth-order valence-corrected chi connectivity index (χ4v) is 7.37. The number of aryl methyl sites for hydroxylation is 2. The number of benzene rings is 3. The third-order valence-electron chi connectivity index (χ3n) is 8.43. The summed E-state index contributed by atoms with van der Waals surface area (Å²) in [5, 5.41) is 39.7. The Morgan fingerprint density at radius 3 is 1.28 bits per heavy atom. The Labute approximate surface area is 358 Å². The van der Waals surface area contributed by atoms with E-state index in [0.29, 0.717) is 59.1 Å². The van der Waals surface area contributed by atoms with Gasteiger partial charge in [-0.2, -0.15) is 8.42 Å². The summed E-state index contributed by atoms with van der Waals surface area (Å²) in [5.74, 6) is -2.85. The molecule has 3 aromatic carbocycles. The van der Waals surface area contributed by atoms with Crippen LogP contribution in [0.25, 0.3) is 21.1 Å². The van der Waals surface area contributed by atoms with Crippen LogP contribution in [0.4, 0.5) is 0 Å². The SMILES string of the molecule is CCOC1=C(c2ccc(C)cc2)C(=S)C(OCC)C=C1[N+]#N.CCOC1=C(c2ccc(C)cc2)C(=S)C(OCC)C=C1[N+]#N.O=C([O-])c1cccc(C(=O)[O-])c1S(=O)(=O)O. The predicted molar refractivity (Wildman–Crippen MR) is 227 cm³/mol. The number of carboxylic acids is 2. The van der Waals surface area contributed by atoms with Crippen molar-refractivity contribution in [2.24, 2.45) is 0 Å². The lowest BCUT2D eigenvalue weighted by atomic mass is 9.92. The van der Waals surface area contributed by atoms with Crippen molar-refractivity contribution in [1.29, 1.82) is 10.8 Å². The molecular weight excluding hydrogens is 833 g/mol. The van der Waals surface area contributed by atoms with Crippen molar-refractivity contribution in [2.45, 2.75) is 58.6 Å². The summed E-state index contributed by atoms with van der Waals surface area (Å²) in [6.45, 7) is 13.6. The van der Waals surface area contributed by atoms with Gasteiger partial charge in [0.05, 0.1) is 34.9 Å². The van der Waals surface area contributed by atoms with E-state index in [2.05, 4.69) is 9.95 Å². The molecule has 1 N–H and O–H groups in total. The van der Waals surface area contributed by atoms with Crippen molar-refractivity contribution in [1.82, 2.24) is 0 Å². The Morgan fingerprint density at radius 2 is 1.02 bits per heavy atom. The minimum absolute atomic E-state index is 0.351. The van der Waals surface area contributed by atoms with Crippen LogP contribution >= 0.6 is 24.4 Å². The molecule has 2 unspecified atom stereocenters. The Hall–Kier alpha value is -5.99. The molecule has 0 radical (unpaired) electrons. The van der Waals surface area contributed by atoms with Gasteiger partial charge in [-0.15, -0.1) is 0 Å². The van der Waals surface area contributed by atoms with Crippen LogP contribution in [0.2, 0.25) is 0 Å². The van der Waals surface area contributed by atoms with Gasteiger partial charge in [-0.1, -0.05) is 102 Å². The quantitative estimate of drug-likeness (QED) is 0.115. The standard InChI is InChI=1S/2C17H19N2O2S.C8H6O7S/c2*1-4-20-14-10-13(19-18)16(21-5-2)15(17(14)22)12-8-6-11(3)7-9-12;9-7(10)4-2-1-3-5(8(11)12)6(4)16(13,14)15/h2*6-10,14H,4-5H2,1-3H3;1-3H,(H,9,10)(H,11,12)(H,13,14,15)/q2*+1;/p-2. The van der Waals surface area contributed by atoms with Gasteiger partial charge in [0.2, 0.25) is 22.3 Å². The molecule has 3 aromatic rings. The van der Waals surface area contributed by atoms with Crippen LogP contribution in [0.1, 0.15) is 70.7 Å². The molecule has 5 rings (SSSR count). The number of carbonyl (C=O) groups is 2. The molecule has 15 nitrogen and oxygen atoms in total. The molecule has 0 amide bonds. The smallest absolute Gasteiger partial charge is 0.426 e. The van der Waals surface area contributed by atoms with Gasteiger partial charge in [-0.3, -0.25) is 4.55 Å². The van der Waals surface area contributed by atoms with E-state index in [1.807, 2.05) is 90.1 Å². The van der Waals surface area contributed by atoms with Gasteiger partial charge in [0, 0.05) is 47.6 Å². The van der Waals surface area contributed by atoms with Gasteiger partial charge in [-0.25, -0.2) is 0 Å². The summed E-state index contributed by atoms with van der Waals surface area (Å²) in [6.07, 6.45) is 2.58. The number of diazo groups is 2. The molecule has 0 aliphatic heterocycles. The van der Waals surface area contributed by atoms with E-state index in [1.54, 1.807) is 12.2 Å². The summed E-state index contributed by atoms with van der Waals surface area (Å²) in [7, 11) is -5.00. The number of aromatic carboxylic acids is 2. The lowest BCUT2D eigenvalue weighted by Crippen LogP contribution is -2.29. The number of ether oxygens (including phenoxy) is 4. The highest BCUT2D eigenvalue weighted by atomic mass is 32.2. The Kier molecular flexibility index (Phi) is 18.1. The maximum Gasteiger partial charge on any atom is 0.426 e. The van der Waals surface area contributed by atoms with Gasteiger partial charge in [-0.05, 0) is 52.7 Å².